The normalized spacial score (nSPS) is 12.8. The van der Waals surface area contributed by atoms with E-state index in [9.17, 15) is 9.59 Å². The third-order valence-electron chi connectivity index (χ3n) is 2.79. The minimum Gasteiger partial charge on any atom is -0.476 e. The molecule has 1 heterocycles. The number of carboxylic acid groups (broad SMARTS) is 1. The Kier molecular flexibility index (Phi) is 2.96. The maximum absolute atomic E-state index is 11.7. The van der Waals surface area contributed by atoms with Gasteiger partial charge in [-0.05, 0) is 0 Å². The van der Waals surface area contributed by atoms with Crippen molar-refractivity contribution in [3.8, 4) is 0 Å². The molecule has 3 rings (SSSR count). The smallest absolute Gasteiger partial charge is 0.355 e. The molecule has 20 heavy (non-hydrogen) atoms. The molecule has 0 radical (unpaired) electrons. The van der Waals surface area contributed by atoms with Crippen LogP contribution < -0.4 is 10.9 Å². The number of hydrazine groups is 1. The van der Waals surface area contributed by atoms with E-state index in [-0.39, 0.29) is 11.5 Å². The molecule has 1 aromatic carbocycles. The minimum absolute atomic E-state index is 0.0174. The van der Waals surface area contributed by atoms with Crippen molar-refractivity contribution in [3.05, 3.63) is 52.5 Å². The van der Waals surface area contributed by atoms with Crippen molar-refractivity contribution in [2.24, 2.45) is 0 Å². The van der Waals surface area contributed by atoms with Gasteiger partial charge in [-0.1, -0.05) is 24.3 Å². The van der Waals surface area contributed by atoms with Gasteiger partial charge in [-0.15, -0.1) is 11.3 Å². The number of carbonyl (C=O) groups excluding carboxylic acids is 1. The van der Waals surface area contributed by atoms with Crippen LogP contribution in [0.1, 0.15) is 26.4 Å². The Morgan fingerprint density at radius 3 is 2.65 bits per heavy atom. The van der Waals surface area contributed by atoms with Crippen LogP contribution in [0, 0.1) is 0 Å². The Morgan fingerprint density at radius 2 is 1.95 bits per heavy atom. The lowest BCUT2D eigenvalue weighted by Gasteiger charge is -2.08. The summed E-state index contributed by atoms with van der Waals surface area (Å²) in [6.45, 7) is 0. The molecule has 0 unspecified atom stereocenters. The summed E-state index contributed by atoms with van der Waals surface area (Å²) in [5.41, 5.74) is 7.74. The Hall–Kier alpha value is -2.67. The van der Waals surface area contributed by atoms with E-state index >= 15 is 0 Å². The Morgan fingerprint density at radius 1 is 1.20 bits per heavy atom. The number of nitrogens with one attached hydrogen (secondary N) is 2. The zero-order valence-corrected chi connectivity index (χ0v) is 10.9. The Balaban J connectivity index is 1.75. The molecule has 1 aromatic heterocycles. The number of thiazole rings is 1. The van der Waals surface area contributed by atoms with Crippen molar-refractivity contribution in [1.29, 1.82) is 0 Å². The molecule has 0 saturated heterocycles. The highest BCUT2D eigenvalue weighted by Crippen LogP contribution is 2.25. The second-order valence-corrected chi connectivity index (χ2v) is 4.92. The van der Waals surface area contributed by atoms with Crippen molar-refractivity contribution in [3.63, 3.8) is 0 Å². The highest BCUT2D eigenvalue weighted by atomic mass is 32.1. The van der Waals surface area contributed by atoms with Crippen LogP contribution in [0.15, 0.2) is 35.7 Å². The molecule has 1 aliphatic carbocycles. The molecular weight excluding hydrogens is 278 g/mol. The van der Waals surface area contributed by atoms with Crippen molar-refractivity contribution in [2.75, 3.05) is 5.43 Å². The third kappa shape index (κ3) is 2.14. The first-order valence-corrected chi connectivity index (χ1v) is 6.59. The van der Waals surface area contributed by atoms with Crippen LogP contribution in [0.2, 0.25) is 0 Å². The second-order valence-electron chi connectivity index (χ2n) is 4.06. The average Bonchev–Trinajstić information content (AvgIpc) is 3.03. The van der Waals surface area contributed by atoms with Gasteiger partial charge in [0.2, 0.25) is 5.13 Å². The molecule has 0 bridgehead atoms. The number of aromatic carboxylic acids is 1. The number of carboxylic acids is 1. The van der Waals surface area contributed by atoms with Gasteiger partial charge in [-0.2, -0.15) is 0 Å². The molecule has 0 saturated carbocycles. The van der Waals surface area contributed by atoms with Crippen LogP contribution in [-0.2, 0) is 0 Å². The number of anilines is 1. The quantitative estimate of drug-likeness (QED) is 0.745. The van der Waals surface area contributed by atoms with Gasteiger partial charge >= 0.3 is 5.97 Å². The molecule has 6 nitrogen and oxygen atoms in total. The highest BCUT2D eigenvalue weighted by Gasteiger charge is 2.20. The SMILES string of the molecule is O=C(O)c1csc(NNC2=CC(=O)c3ccccc32)n1. The van der Waals surface area contributed by atoms with Crippen LogP contribution in [0.3, 0.4) is 0 Å². The number of hydrogen-bond acceptors (Lipinski definition) is 6. The fraction of sp³-hybridized carbons (Fsp3) is 0. The second kappa shape index (κ2) is 4.78. The van der Waals surface area contributed by atoms with Crippen LogP contribution in [-0.4, -0.2) is 21.8 Å². The van der Waals surface area contributed by atoms with Gasteiger partial charge in [-0.25, -0.2) is 9.78 Å². The van der Waals surface area contributed by atoms with E-state index in [1.54, 1.807) is 12.1 Å². The van der Waals surface area contributed by atoms with Crippen molar-refractivity contribution >= 4 is 33.9 Å². The maximum atomic E-state index is 11.7. The van der Waals surface area contributed by atoms with Crippen molar-refractivity contribution < 1.29 is 14.7 Å². The Bertz CT molecular complexity index is 736. The molecular formula is C13H9N3O3S. The molecule has 0 spiro atoms. The van der Waals surface area contributed by atoms with Gasteiger partial charge in [-0.3, -0.25) is 15.6 Å². The molecule has 0 aliphatic heterocycles. The number of ketones is 1. The third-order valence-corrected chi connectivity index (χ3v) is 3.54. The summed E-state index contributed by atoms with van der Waals surface area (Å²) in [5.74, 6) is -1.13. The van der Waals surface area contributed by atoms with E-state index in [0.717, 1.165) is 5.56 Å². The monoisotopic (exact) mass is 287 g/mol. The summed E-state index contributed by atoms with van der Waals surface area (Å²) in [5, 5.41) is 10.6. The van der Waals surface area contributed by atoms with Crippen LogP contribution in [0.4, 0.5) is 5.13 Å². The van der Waals surface area contributed by atoms with Crippen LogP contribution >= 0.6 is 11.3 Å². The summed E-state index contributed by atoms with van der Waals surface area (Å²) in [7, 11) is 0. The van der Waals surface area contributed by atoms with E-state index in [2.05, 4.69) is 15.8 Å². The summed E-state index contributed by atoms with van der Waals surface area (Å²) in [6, 6.07) is 7.25. The zero-order valence-electron chi connectivity index (χ0n) is 10.1. The highest BCUT2D eigenvalue weighted by molar-refractivity contribution is 7.13. The van der Waals surface area contributed by atoms with Gasteiger partial charge in [0.05, 0.1) is 5.70 Å². The summed E-state index contributed by atoms with van der Waals surface area (Å²) in [6.07, 6.45) is 1.49. The number of aromatic nitrogens is 1. The topological polar surface area (TPSA) is 91.3 Å². The predicted molar refractivity (Wildman–Crippen MR) is 74.6 cm³/mol. The van der Waals surface area contributed by atoms with Crippen LogP contribution in [0.5, 0.6) is 0 Å². The van der Waals surface area contributed by atoms with E-state index < -0.39 is 5.97 Å². The van der Waals surface area contributed by atoms with Gasteiger partial charge < -0.3 is 5.11 Å². The largest absolute Gasteiger partial charge is 0.476 e. The number of allylic oxidation sites excluding steroid dienone is 1. The number of rotatable bonds is 4. The summed E-state index contributed by atoms with van der Waals surface area (Å²) >= 11 is 1.17. The molecule has 0 fully saturated rings. The van der Waals surface area contributed by atoms with E-state index in [1.807, 2.05) is 12.1 Å². The van der Waals surface area contributed by atoms with Gasteiger partial charge in [0, 0.05) is 22.6 Å². The molecule has 0 amide bonds. The fourth-order valence-corrected chi connectivity index (χ4v) is 2.51. The lowest BCUT2D eigenvalue weighted by molar-refractivity contribution is 0.0691. The summed E-state index contributed by atoms with van der Waals surface area (Å²) in [4.78, 5) is 26.3. The lowest BCUT2D eigenvalue weighted by atomic mass is 10.1. The maximum Gasteiger partial charge on any atom is 0.355 e. The number of fused-ring (bicyclic) bond motifs is 1. The molecule has 0 atom stereocenters. The fourth-order valence-electron chi connectivity index (χ4n) is 1.87. The minimum atomic E-state index is -1.07. The predicted octanol–water partition coefficient (Wildman–Crippen LogP) is 2.00. The van der Waals surface area contributed by atoms with E-state index in [0.29, 0.717) is 16.4 Å². The van der Waals surface area contributed by atoms with Crippen molar-refractivity contribution in [2.45, 2.75) is 0 Å². The zero-order chi connectivity index (χ0) is 14.1. The van der Waals surface area contributed by atoms with Gasteiger partial charge in [0.15, 0.2) is 11.5 Å². The molecule has 1 aliphatic rings. The molecule has 3 N–H and O–H groups in total. The van der Waals surface area contributed by atoms with E-state index in [1.165, 1.54) is 22.8 Å². The molecule has 100 valence electrons. The lowest BCUT2D eigenvalue weighted by Crippen LogP contribution is -2.19. The van der Waals surface area contributed by atoms with E-state index in [4.69, 9.17) is 5.11 Å². The standard InChI is InChI=1S/C13H9N3O3S/c17-11-5-9(7-3-1-2-4-8(7)11)15-16-13-14-10(6-20-13)12(18)19/h1-6,15H,(H,14,16)(H,18,19). The van der Waals surface area contributed by atoms with Gasteiger partial charge in [0.25, 0.3) is 0 Å². The first kappa shape index (κ1) is 12.4. The molecule has 7 heteroatoms. The van der Waals surface area contributed by atoms with Crippen LogP contribution in [0.25, 0.3) is 5.70 Å². The number of nitrogens with zero attached hydrogens (tertiary/aromatic N) is 1. The van der Waals surface area contributed by atoms with Crippen molar-refractivity contribution in [1.82, 2.24) is 10.4 Å². The number of carbonyl (C=O) groups is 2. The first-order valence-electron chi connectivity index (χ1n) is 5.71. The summed E-state index contributed by atoms with van der Waals surface area (Å²) < 4.78 is 0. The molecule has 2 aromatic rings. The number of benzene rings is 1. The first-order chi connectivity index (χ1) is 9.65. The number of hydrogen-bond donors (Lipinski definition) is 3. The Labute approximate surface area is 117 Å². The van der Waals surface area contributed by atoms with Gasteiger partial charge in [0.1, 0.15) is 0 Å². The average molecular weight is 287 g/mol.